The van der Waals surface area contributed by atoms with E-state index in [1.165, 1.54) is 11.8 Å². The van der Waals surface area contributed by atoms with Crippen molar-refractivity contribution in [1.29, 1.82) is 0 Å². The minimum absolute atomic E-state index is 0.0882. The van der Waals surface area contributed by atoms with Gasteiger partial charge in [-0.1, -0.05) is 18.2 Å². The number of tetrazole rings is 1. The Labute approximate surface area is 128 Å². The molecule has 0 aromatic carbocycles. The van der Waals surface area contributed by atoms with E-state index in [-0.39, 0.29) is 11.2 Å². The summed E-state index contributed by atoms with van der Waals surface area (Å²) in [4.78, 5) is 11.9. The van der Waals surface area contributed by atoms with Crippen LogP contribution in [0.1, 0.15) is 19.3 Å². The summed E-state index contributed by atoms with van der Waals surface area (Å²) in [5.74, 6) is 0.0882. The third-order valence-corrected chi connectivity index (χ3v) is 4.45. The second-order valence-electron chi connectivity index (χ2n) is 4.82. The number of carbonyl (C=O) groups excluding carboxylic acids is 1. The molecule has 1 atom stereocenters. The standard InChI is InChI=1S/C12H22N6O2S/c1-20-9-7-13-6-8-18-12(15-16-17-18)21-10-4-2-3-5-14-11(10)19/h10,13H,2-9H2,1H3,(H,14,19). The molecule has 9 heteroatoms. The largest absolute Gasteiger partial charge is 0.383 e. The van der Waals surface area contributed by atoms with Crippen LogP contribution >= 0.6 is 11.8 Å². The minimum Gasteiger partial charge on any atom is -0.383 e. The topological polar surface area (TPSA) is 94.0 Å². The van der Waals surface area contributed by atoms with Gasteiger partial charge in [0.2, 0.25) is 11.1 Å². The van der Waals surface area contributed by atoms with Gasteiger partial charge in [0.05, 0.1) is 18.4 Å². The van der Waals surface area contributed by atoms with Gasteiger partial charge in [-0.15, -0.1) is 5.10 Å². The van der Waals surface area contributed by atoms with Gasteiger partial charge in [0.1, 0.15) is 0 Å². The highest BCUT2D eigenvalue weighted by molar-refractivity contribution is 8.00. The monoisotopic (exact) mass is 314 g/mol. The van der Waals surface area contributed by atoms with Crippen LogP contribution < -0.4 is 10.6 Å². The first kappa shape index (κ1) is 16.2. The number of nitrogens with one attached hydrogen (secondary N) is 2. The zero-order valence-corrected chi connectivity index (χ0v) is 13.1. The van der Waals surface area contributed by atoms with Crippen molar-refractivity contribution >= 4 is 17.7 Å². The van der Waals surface area contributed by atoms with Crippen LogP contribution in [-0.4, -0.2) is 64.7 Å². The van der Waals surface area contributed by atoms with E-state index in [0.717, 1.165) is 38.9 Å². The Morgan fingerprint density at radius 1 is 1.48 bits per heavy atom. The molecule has 2 heterocycles. The van der Waals surface area contributed by atoms with Crippen LogP contribution in [-0.2, 0) is 16.1 Å². The molecule has 0 saturated carbocycles. The number of methoxy groups -OCH3 is 1. The fourth-order valence-electron chi connectivity index (χ4n) is 2.06. The van der Waals surface area contributed by atoms with E-state index in [2.05, 4.69) is 26.2 Å². The van der Waals surface area contributed by atoms with E-state index in [1.54, 1.807) is 11.8 Å². The van der Waals surface area contributed by atoms with Gasteiger partial charge in [0.25, 0.3) is 0 Å². The molecule has 1 fully saturated rings. The van der Waals surface area contributed by atoms with E-state index >= 15 is 0 Å². The zero-order valence-electron chi connectivity index (χ0n) is 12.2. The molecule has 0 spiro atoms. The van der Waals surface area contributed by atoms with E-state index in [4.69, 9.17) is 4.74 Å². The van der Waals surface area contributed by atoms with Crippen molar-refractivity contribution < 1.29 is 9.53 Å². The molecule has 1 aliphatic heterocycles. The highest BCUT2D eigenvalue weighted by Crippen LogP contribution is 2.25. The highest BCUT2D eigenvalue weighted by Gasteiger charge is 2.24. The molecule has 21 heavy (non-hydrogen) atoms. The number of hydrogen-bond acceptors (Lipinski definition) is 7. The van der Waals surface area contributed by atoms with Crippen LogP contribution in [0.3, 0.4) is 0 Å². The molecule has 118 valence electrons. The molecule has 0 aliphatic carbocycles. The number of amides is 1. The summed E-state index contributed by atoms with van der Waals surface area (Å²) in [5, 5.41) is 18.5. The maximum Gasteiger partial charge on any atom is 0.233 e. The molecule has 2 rings (SSSR count). The van der Waals surface area contributed by atoms with Crippen molar-refractivity contribution in [2.75, 3.05) is 33.4 Å². The van der Waals surface area contributed by atoms with Gasteiger partial charge in [0, 0.05) is 26.7 Å². The Kier molecular flexibility index (Phi) is 6.90. The minimum atomic E-state index is -0.0984. The molecule has 1 saturated heterocycles. The molecule has 0 bridgehead atoms. The van der Waals surface area contributed by atoms with Gasteiger partial charge in [-0.2, -0.15) is 0 Å². The molecule has 2 N–H and O–H groups in total. The Balaban J connectivity index is 1.83. The van der Waals surface area contributed by atoms with Gasteiger partial charge in [-0.05, 0) is 23.3 Å². The SMILES string of the molecule is COCCNCCn1nnnc1SC1CCCCNC1=O. The summed E-state index contributed by atoms with van der Waals surface area (Å²) in [6.45, 7) is 3.68. The number of hydrogen-bond donors (Lipinski definition) is 2. The van der Waals surface area contributed by atoms with Gasteiger partial charge in [-0.3, -0.25) is 4.79 Å². The van der Waals surface area contributed by atoms with Crippen LogP contribution in [0.2, 0.25) is 0 Å². The van der Waals surface area contributed by atoms with E-state index in [1.807, 2.05) is 0 Å². The molecule has 0 radical (unpaired) electrons. The average Bonchev–Trinajstić information content (AvgIpc) is 2.82. The Bertz CT molecular complexity index is 441. The zero-order chi connectivity index (χ0) is 14.9. The Morgan fingerprint density at radius 2 is 2.38 bits per heavy atom. The van der Waals surface area contributed by atoms with Crippen molar-refractivity contribution in [2.45, 2.75) is 36.2 Å². The lowest BCUT2D eigenvalue weighted by molar-refractivity contribution is -0.120. The number of carbonyl (C=O) groups is 1. The molecule has 1 aromatic rings. The predicted octanol–water partition coefficient (Wildman–Crippen LogP) is -0.330. The van der Waals surface area contributed by atoms with Crippen LogP contribution in [0, 0.1) is 0 Å². The number of thioether (sulfide) groups is 1. The second-order valence-corrected chi connectivity index (χ2v) is 5.99. The average molecular weight is 314 g/mol. The number of nitrogens with zero attached hydrogens (tertiary/aromatic N) is 4. The summed E-state index contributed by atoms with van der Waals surface area (Å²) >= 11 is 1.45. The van der Waals surface area contributed by atoms with Crippen LogP contribution in [0.25, 0.3) is 0 Å². The third-order valence-electron chi connectivity index (χ3n) is 3.21. The second kappa shape index (κ2) is 8.96. The lowest BCUT2D eigenvalue weighted by Crippen LogP contribution is -2.31. The van der Waals surface area contributed by atoms with E-state index < -0.39 is 0 Å². The molecule has 1 aromatic heterocycles. The lowest BCUT2D eigenvalue weighted by Gasteiger charge is -2.12. The molecule has 1 aliphatic rings. The van der Waals surface area contributed by atoms with Crippen LogP contribution in [0.15, 0.2) is 5.16 Å². The smallest absolute Gasteiger partial charge is 0.233 e. The summed E-state index contributed by atoms with van der Waals surface area (Å²) in [7, 11) is 1.68. The Morgan fingerprint density at radius 3 is 3.24 bits per heavy atom. The fraction of sp³-hybridized carbons (Fsp3) is 0.833. The first-order chi connectivity index (χ1) is 10.3. The fourth-order valence-corrected chi connectivity index (χ4v) is 3.12. The predicted molar refractivity (Wildman–Crippen MR) is 79.1 cm³/mol. The molecular weight excluding hydrogens is 292 g/mol. The first-order valence-electron chi connectivity index (χ1n) is 7.21. The highest BCUT2D eigenvalue weighted by atomic mass is 32.2. The van der Waals surface area contributed by atoms with E-state index in [0.29, 0.717) is 18.3 Å². The molecule has 1 amide bonds. The number of rotatable bonds is 8. The van der Waals surface area contributed by atoms with Crippen LogP contribution in [0.5, 0.6) is 0 Å². The quantitative estimate of drug-likeness (QED) is 0.635. The molecule has 1 unspecified atom stereocenters. The van der Waals surface area contributed by atoms with Gasteiger partial charge < -0.3 is 15.4 Å². The van der Waals surface area contributed by atoms with Crippen molar-refractivity contribution in [2.24, 2.45) is 0 Å². The van der Waals surface area contributed by atoms with Crippen molar-refractivity contribution in [3.8, 4) is 0 Å². The Hall–Kier alpha value is -1.19. The van der Waals surface area contributed by atoms with E-state index in [9.17, 15) is 4.79 Å². The number of ether oxygens (including phenoxy) is 1. The number of aromatic nitrogens is 4. The molecular formula is C12H22N6O2S. The molecule has 8 nitrogen and oxygen atoms in total. The van der Waals surface area contributed by atoms with Crippen molar-refractivity contribution in [1.82, 2.24) is 30.8 Å². The summed E-state index contributed by atoms with van der Waals surface area (Å²) < 4.78 is 6.71. The van der Waals surface area contributed by atoms with Gasteiger partial charge in [-0.25, -0.2) is 4.68 Å². The van der Waals surface area contributed by atoms with Crippen LogP contribution in [0.4, 0.5) is 0 Å². The maximum absolute atomic E-state index is 11.9. The summed E-state index contributed by atoms with van der Waals surface area (Å²) in [6, 6.07) is 0. The van der Waals surface area contributed by atoms with Crippen molar-refractivity contribution in [3.63, 3.8) is 0 Å². The summed E-state index contributed by atoms with van der Waals surface area (Å²) in [6.07, 6.45) is 2.96. The third kappa shape index (κ3) is 5.25. The summed E-state index contributed by atoms with van der Waals surface area (Å²) in [5.41, 5.74) is 0. The first-order valence-corrected chi connectivity index (χ1v) is 8.09. The normalized spacial score (nSPS) is 19.3. The maximum atomic E-state index is 11.9. The van der Waals surface area contributed by atoms with Gasteiger partial charge >= 0.3 is 0 Å². The van der Waals surface area contributed by atoms with Gasteiger partial charge in [0.15, 0.2) is 0 Å². The lowest BCUT2D eigenvalue weighted by atomic mass is 10.2. The van der Waals surface area contributed by atoms with Crippen molar-refractivity contribution in [3.05, 3.63) is 0 Å².